The van der Waals surface area contributed by atoms with Crippen molar-refractivity contribution in [3.63, 3.8) is 0 Å². The lowest BCUT2D eigenvalue weighted by Crippen LogP contribution is -2.11. The Balaban J connectivity index is 2.52. The second kappa shape index (κ2) is 5.01. The molecule has 0 radical (unpaired) electrons. The Bertz CT molecular complexity index is 330. The van der Waals surface area contributed by atoms with Crippen molar-refractivity contribution in [3.05, 3.63) is 29.8 Å². The predicted molar refractivity (Wildman–Crippen MR) is 54.7 cm³/mol. The molecule has 0 aliphatic rings. The van der Waals surface area contributed by atoms with Crippen molar-refractivity contribution in [1.29, 1.82) is 0 Å². The maximum Gasteiger partial charge on any atom is 0.229 e. The van der Waals surface area contributed by atoms with E-state index in [0.717, 1.165) is 17.5 Å². The van der Waals surface area contributed by atoms with Gasteiger partial charge in [0.1, 0.15) is 0 Å². The van der Waals surface area contributed by atoms with E-state index in [1.165, 1.54) is 0 Å². The van der Waals surface area contributed by atoms with Crippen molar-refractivity contribution in [2.24, 2.45) is 5.16 Å². The van der Waals surface area contributed by atoms with Crippen LogP contribution in [0.2, 0.25) is 0 Å². The van der Waals surface area contributed by atoms with E-state index in [0.29, 0.717) is 0 Å². The zero-order chi connectivity index (χ0) is 10.4. The fraction of sp³-hybridized carbons (Fsp3) is 0.200. The first-order valence-electron chi connectivity index (χ1n) is 4.25. The summed E-state index contributed by atoms with van der Waals surface area (Å²) in [6.45, 7) is 1.98. The Kier molecular flexibility index (Phi) is 3.67. The molecule has 0 fully saturated rings. The lowest BCUT2D eigenvalue weighted by molar-refractivity contribution is -0.115. The van der Waals surface area contributed by atoms with E-state index in [9.17, 15) is 4.79 Å². The minimum Gasteiger partial charge on any atom is -0.411 e. The maximum atomic E-state index is 11.1. The zero-order valence-electron chi connectivity index (χ0n) is 7.90. The van der Waals surface area contributed by atoms with Gasteiger partial charge in [0.25, 0.3) is 0 Å². The van der Waals surface area contributed by atoms with Crippen molar-refractivity contribution in [2.75, 3.05) is 5.32 Å². The van der Waals surface area contributed by atoms with E-state index in [4.69, 9.17) is 5.21 Å². The van der Waals surface area contributed by atoms with Gasteiger partial charge >= 0.3 is 0 Å². The van der Waals surface area contributed by atoms with Crippen LogP contribution in [0.3, 0.4) is 0 Å². The molecule has 0 bridgehead atoms. The molecule has 1 amide bonds. The van der Waals surface area contributed by atoms with Crippen LogP contribution in [0.5, 0.6) is 0 Å². The quantitative estimate of drug-likeness (QED) is 0.435. The van der Waals surface area contributed by atoms with Crippen molar-refractivity contribution in [1.82, 2.24) is 0 Å². The molecule has 0 saturated carbocycles. The second-order valence-electron chi connectivity index (χ2n) is 2.92. The minimum atomic E-state index is -0.202. The van der Waals surface area contributed by atoms with Crippen molar-refractivity contribution in [3.8, 4) is 0 Å². The van der Waals surface area contributed by atoms with Crippen LogP contribution < -0.4 is 5.32 Å². The van der Waals surface area contributed by atoms with Gasteiger partial charge < -0.3 is 10.5 Å². The molecular weight excluding hydrogens is 180 g/mol. The number of anilines is 1. The third-order valence-electron chi connectivity index (χ3n) is 1.69. The monoisotopic (exact) mass is 192 g/mol. The zero-order valence-corrected chi connectivity index (χ0v) is 7.90. The minimum absolute atomic E-state index is 0.0738. The van der Waals surface area contributed by atoms with Crippen molar-refractivity contribution in [2.45, 2.75) is 13.3 Å². The molecule has 0 aromatic heterocycles. The predicted octanol–water partition coefficient (Wildman–Crippen LogP) is 1.78. The average Bonchev–Trinajstić information content (AvgIpc) is 2.18. The Labute approximate surface area is 82.2 Å². The fourth-order valence-electron chi connectivity index (χ4n) is 0.973. The number of rotatable bonds is 3. The highest BCUT2D eigenvalue weighted by Gasteiger charge is 1.99. The molecule has 14 heavy (non-hydrogen) atoms. The topological polar surface area (TPSA) is 61.7 Å². The number of oxime groups is 1. The summed E-state index contributed by atoms with van der Waals surface area (Å²) in [4.78, 5) is 11.1. The molecule has 1 aromatic carbocycles. The van der Waals surface area contributed by atoms with Gasteiger partial charge in [0.2, 0.25) is 5.91 Å². The van der Waals surface area contributed by atoms with E-state index >= 15 is 0 Å². The number of benzene rings is 1. The number of hydrogen-bond acceptors (Lipinski definition) is 3. The Morgan fingerprint density at radius 1 is 1.50 bits per heavy atom. The molecule has 4 nitrogen and oxygen atoms in total. The number of carbonyl (C=O) groups excluding carboxylic acids is 1. The third kappa shape index (κ3) is 3.26. The highest BCUT2D eigenvalue weighted by molar-refractivity contribution is 5.98. The van der Waals surface area contributed by atoms with Crippen LogP contribution >= 0.6 is 0 Å². The van der Waals surface area contributed by atoms with Crippen LogP contribution in [0.25, 0.3) is 0 Å². The first-order valence-corrected chi connectivity index (χ1v) is 4.25. The summed E-state index contributed by atoms with van der Waals surface area (Å²) >= 11 is 0. The van der Waals surface area contributed by atoms with Gasteiger partial charge in [-0.25, -0.2) is 0 Å². The van der Waals surface area contributed by atoms with Crippen LogP contribution in [-0.2, 0) is 4.79 Å². The van der Waals surface area contributed by atoms with Crippen LogP contribution in [0.1, 0.15) is 12.0 Å². The fourth-order valence-corrected chi connectivity index (χ4v) is 0.973. The number of nitrogens with one attached hydrogen (secondary N) is 1. The summed E-state index contributed by atoms with van der Waals surface area (Å²) in [6.07, 6.45) is 1.22. The summed E-state index contributed by atoms with van der Waals surface area (Å²) in [7, 11) is 0. The highest BCUT2D eigenvalue weighted by Crippen LogP contribution is 2.08. The number of carbonyl (C=O) groups is 1. The highest BCUT2D eigenvalue weighted by atomic mass is 16.4. The van der Waals surface area contributed by atoms with Crippen LogP contribution in [0.15, 0.2) is 29.4 Å². The van der Waals surface area contributed by atoms with Gasteiger partial charge in [0.15, 0.2) is 0 Å². The molecule has 0 atom stereocenters. The summed E-state index contributed by atoms with van der Waals surface area (Å²) in [5, 5.41) is 13.5. The smallest absolute Gasteiger partial charge is 0.229 e. The second-order valence-corrected chi connectivity index (χ2v) is 2.92. The average molecular weight is 192 g/mol. The van der Waals surface area contributed by atoms with Crippen LogP contribution in [-0.4, -0.2) is 17.3 Å². The Morgan fingerprint density at radius 2 is 2.14 bits per heavy atom. The molecule has 1 rings (SSSR count). The molecule has 0 unspecified atom stereocenters. The van der Waals surface area contributed by atoms with Gasteiger partial charge in [-0.1, -0.05) is 17.7 Å². The molecule has 1 aromatic rings. The Morgan fingerprint density at radius 3 is 2.71 bits per heavy atom. The van der Waals surface area contributed by atoms with Crippen molar-refractivity contribution < 1.29 is 10.0 Å². The first-order chi connectivity index (χ1) is 6.72. The first kappa shape index (κ1) is 10.2. The standard InChI is InChI=1S/C10H12N2O2/c1-8-2-4-9(5-3-8)12-10(13)6-7-11-14/h2-5,7,14H,6H2,1H3,(H,12,13)/b11-7-. The molecule has 2 N–H and O–H groups in total. The SMILES string of the molecule is Cc1ccc(NC(=O)C/C=N\O)cc1. The van der Waals surface area contributed by atoms with Gasteiger partial charge in [-0.15, -0.1) is 5.16 Å². The molecular formula is C10H12N2O2. The van der Waals surface area contributed by atoms with Crippen LogP contribution in [0, 0.1) is 6.92 Å². The van der Waals surface area contributed by atoms with Gasteiger partial charge in [-0.3, -0.25) is 4.79 Å². The van der Waals surface area contributed by atoms with Gasteiger partial charge in [0, 0.05) is 5.69 Å². The molecule has 0 aliphatic heterocycles. The molecule has 74 valence electrons. The van der Waals surface area contributed by atoms with Gasteiger partial charge in [-0.2, -0.15) is 0 Å². The summed E-state index contributed by atoms with van der Waals surface area (Å²) in [5.74, 6) is -0.202. The molecule has 0 aliphatic carbocycles. The lowest BCUT2D eigenvalue weighted by atomic mass is 10.2. The largest absolute Gasteiger partial charge is 0.411 e. The Hall–Kier alpha value is -1.84. The van der Waals surface area contributed by atoms with E-state index in [-0.39, 0.29) is 12.3 Å². The van der Waals surface area contributed by atoms with E-state index in [2.05, 4.69) is 10.5 Å². The number of nitrogens with zero attached hydrogens (tertiary/aromatic N) is 1. The molecule has 0 heterocycles. The third-order valence-corrected chi connectivity index (χ3v) is 1.69. The van der Waals surface area contributed by atoms with Gasteiger partial charge in [0.05, 0.1) is 12.6 Å². The molecule has 0 saturated heterocycles. The van der Waals surface area contributed by atoms with E-state index < -0.39 is 0 Å². The normalized spacial score (nSPS) is 10.4. The van der Waals surface area contributed by atoms with E-state index in [1.807, 2.05) is 31.2 Å². The van der Waals surface area contributed by atoms with Crippen LogP contribution in [0.4, 0.5) is 5.69 Å². The summed E-state index contributed by atoms with van der Waals surface area (Å²) in [6, 6.07) is 7.47. The molecule has 0 spiro atoms. The number of hydrogen-bond donors (Lipinski definition) is 2. The summed E-state index contributed by atoms with van der Waals surface area (Å²) < 4.78 is 0. The number of amides is 1. The lowest BCUT2D eigenvalue weighted by Gasteiger charge is -2.02. The maximum absolute atomic E-state index is 11.1. The van der Waals surface area contributed by atoms with Gasteiger partial charge in [-0.05, 0) is 19.1 Å². The van der Waals surface area contributed by atoms with E-state index in [1.54, 1.807) is 0 Å². The number of aryl methyl sites for hydroxylation is 1. The molecule has 4 heteroatoms. The van der Waals surface area contributed by atoms with Crippen molar-refractivity contribution >= 4 is 17.8 Å². The summed E-state index contributed by atoms with van der Waals surface area (Å²) in [5.41, 5.74) is 1.88.